The number of ether oxygens (including phenoxy) is 2. The van der Waals surface area contributed by atoms with E-state index in [1.54, 1.807) is 18.4 Å². The average molecular weight is 356 g/mol. The molecule has 3 nitrogen and oxygen atoms in total. The molecule has 2 atom stereocenters. The maximum absolute atomic E-state index is 6.22. The molecule has 0 fully saturated rings. The van der Waals surface area contributed by atoms with Gasteiger partial charge in [-0.2, -0.15) is 0 Å². The predicted octanol–water partition coefficient (Wildman–Crippen LogP) is 4.38. The molecule has 0 spiro atoms. The van der Waals surface area contributed by atoms with Crippen LogP contribution in [0.5, 0.6) is 11.5 Å². The Bertz CT molecular complexity index is 558. The quantitative estimate of drug-likeness (QED) is 0.836. The highest BCUT2D eigenvalue weighted by atomic mass is 79.9. The standard InChI is InChI=1S/C15H18BrNO2S/c1-3-11(17)15(14-8-10(16)9-20-14)19-13-7-5-4-6-12(13)18-2/h4-9,11,15H,3,17H2,1-2H3. The normalized spacial score (nSPS) is 13.8. The topological polar surface area (TPSA) is 44.5 Å². The summed E-state index contributed by atoms with van der Waals surface area (Å²) in [6.07, 6.45) is 0.669. The van der Waals surface area contributed by atoms with Crippen molar-refractivity contribution in [2.24, 2.45) is 5.73 Å². The first-order chi connectivity index (χ1) is 9.65. The van der Waals surface area contributed by atoms with E-state index in [1.807, 2.05) is 29.6 Å². The van der Waals surface area contributed by atoms with Crippen molar-refractivity contribution in [3.05, 3.63) is 45.1 Å². The van der Waals surface area contributed by atoms with Gasteiger partial charge in [0.2, 0.25) is 0 Å². The van der Waals surface area contributed by atoms with Crippen molar-refractivity contribution in [2.75, 3.05) is 7.11 Å². The van der Waals surface area contributed by atoms with E-state index in [0.717, 1.165) is 21.5 Å². The lowest BCUT2D eigenvalue weighted by molar-refractivity contribution is 0.168. The van der Waals surface area contributed by atoms with E-state index in [2.05, 4.69) is 28.9 Å². The van der Waals surface area contributed by atoms with Crippen LogP contribution in [-0.4, -0.2) is 13.2 Å². The second-order valence-corrected chi connectivity index (χ2v) is 6.29. The lowest BCUT2D eigenvalue weighted by Gasteiger charge is -2.24. The first-order valence-electron chi connectivity index (χ1n) is 6.45. The summed E-state index contributed by atoms with van der Waals surface area (Å²) < 4.78 is 12.5. The molecule has 108 valence electrons. The first-order valence-corrected chi connectivity index (χ1v) is 8.12. The fraction of sp³-hybridized carbons (Fsp3) is 0.333. The highest BCUT2D eigenvalue weighted by Crippen LogP contribution is 2.35. The first kappa shape index (κ1) is 15.4. The molecule has 1 aromatic heterocycles. The Morgan fingerprint density at radius 2 is 2.00 bits per heavy atom. The van der Waals surface area contributed by atoms with Gasteiger partial charge in [-0.3, -0.25) is 0 Å². The summed E-state index contributed by atoms with van der Waals surface area (Å²) in [5.41, 5.74) is 6.22. The fourth-order valence-electron chi connectivity index (χ4n) is 1.90. The van der Waals surface area contributed by atoms with Gasteiger partial charge < -0.3 is 15.2 Å². The van der Waals surface area contributed by atoms with Gasteiger partial charge in [-0.1, -0.05) is 19.1 Å². The largest absolute Gasteiger partial charge is 0.493 e. The number of methoxy groups -OCH3 is 1. The van der Waals surface area contributed by atoms with Gasteiger partial charge in [-0.05, 0) is 40.5 Å². The number of halogens is 1. The molecular weight excluding hydrogens is 338 g/mol. The van der Waals surface area contributed by atoms with Crippen molar-refractivity contribution in [1.82, 2.24) is 0 Å². The van der Waals surface area contributed by atoms with Gasteiger partial charge in [-0.15, -0.1) is 11.3 Å². The van der Waals surface area contributed by atoms with E-state index in [-0.39, 0.29) is 12.1 Å². The molecule has 1 aromatic carbocycles. The average Bonchev–Trinajstić information content (AvgIpc) is 2.90. The lowest BCUT2D eigenvalue weighted by Crippen LogP contribution is -2.31. The van der Waals surface area contributed by atoms with Crippen LogP contribution in [0.4, 0.5) is 0 Å². The number of benzene rings is 1. The molecule has 0 aliphatic heterocycles. The van der Waals surface area contributed by atoms with Crippen molar-refractivity contribution in [3.8, 4) is 11.5 Å². The third kappa shape index (κ3) is 3.53. The van der Waals surface area contributed by atoms with Crippen molar-refractivity contribution in [3.63, 3.8) is 0 Å². The molecule has 2 unspecified atom stereocenters. The van der Waals surface area contributed by atoms with Gasteiger partial charge >= 0.3 is 0 Å². The summed E-state index contributed by atoms with van der Waals surface area (Å²) in [5.74, 6) is 1.44. The molecule has 1 heterocycles. The van der Waals surface area contributed by atoms with Crippen molar-refractivity contribution in [2.45, 2.75) is 25.5 Å². The van der Waals surface area contributed by atoms with Crippen molar-refractivity contribution in [1.29, 1.82) is 0 Å². The van der Waals surface area contributed by atoms with Crippen LogP contribution in [0.25, 0.3) is 0 Å². The van der Waals surface area contributed by atoms with E-state index in [4.69, 9.17) is 15.2 Å². The highest BCUT2D eigenvalue weighted by Gasteiger charge is 2.23. The summed E-state index contributed by atoms with van der Waals surface area (Å²) in [5, 5.41) is 2.04. The predicted molar refractivity (Wildman–Crippen MR) is 86.6 cm³/mol. The van der Waals surface area contributed by atoms with Crippen LogP contribution >= 0.6 is 27.3 Å². The number of hydrogen-bond donors (Lipinski definition) is 1. The summed E-state index contributed by atoms with van der Waals surface area (Å²) in [7, 11) is 1.64. The van der Waals surface area contributed by atoms with Gasteiger partial charge in [0.05, 0.1) is 7.11 Å². The van der Waals surface area contributed by atoms with Gasteiger partial charge in [0.1, 0.15) is 6.10 Å². The minimum atomic E-state index is -0.174. The number of para-hydroxylation sites is 2. The lowest BCUT2D eigenvalue weighted by atomic mass is 10.1. The molecule has 20 heavy (non-hydrogen) atoms. The minimum absolute atomic E-state index is 0.0644. The molecule has 2 N–H and O–H groups in total. The Morgan fingerprint density at radius 1 is 1.30 bits per heavy atom. The highest BCUT2D eigenvalue weighted by molar-refractivity contribution is 9.10. The second-order valence-electron chi connectivity index (χ2n) is 4.43. The molecule has 0 bridgehead atoms. The van der Waals surface area contributed by atoms with E-state index in [0.29, 0.717) is 5.75 Å². The Labute approximate surface area is 131 Å². The zero-order chi connectivity index (χ0) is 14.5. The maximum atomic E-state index is 6.22. The van der Waals surface area contributed by atoms with Gasteiger partial charge in [-0.25, -0.2) is 0 Å². The fourth-order valence-corrected chi connectivity index (χ4v) is 3.45. The Balaban J connectivity index is 2.28. The van der Waals surface area contributed by atoms with E-state index >= 15 is 0 Å². The number of rotatable bonds is 6. The second kappa shape index (κ2) is 7.11. The molecule has 0 saturated carbocycles. The van der Waals surface area contributed by atoms with Crippen LogP contribution in [0.2, 0.25) is 0 Å². The zero-order valence-corrected chi connectivity index (χ0v) is 13.9. The maximum Gasteiger partial charge on any atom is 0.162 e. The molecule has 2 rings (SSSR count). The van der Waals surface area contributed by atoms with Crippen LogP contribution in [0.15, 0.2) is 40.2 Å². The molecule has 0 aliphatic carbocycles. The third-order valence-corrected chi connectivity index (χ3v) is 4.81. The Kier molecular flexibility index (Phi) is 5.46. The smallest absolute Gasteiger partial charge is 0.162 e. The molecular formula is C15H18BrNO2S. The SMILES string of the molecule is CCC(N)C(Oc1ccccc1OC)c1cc(Br)cs1. The molecule has 0 radical (unpaired) electrons. The summed E-state index contributed by atoms with van der Waals surface area (Å²) in [4.78, 5) is 1.11. The van der Waals surface area contributed by atoms with E-state index in [9.17, 15) is 0 Å². The van der Waals surface area contributed by atoms with Crippen LogP contribution < -0.4 is 15.2 Å². The Morgan fingerprint density at radius 3 is 2.55 bits per heavy atom. The van der Waals surface area contributed by atoms with Crippen molar-refractivity contribution >= 4 is 27.3 Å². The summed E-state index contributed by atoms with van der Waals surface area (Å²) in [6.45, 7) is 2.06. The van der Waals surface area contributed by atoms with Crippen LogP contribution in [0.3, 0.4) is 0 Å². The van der Waals surface area contributed by atoms with Gasteiger partial charge in [0, 0.05) is 20.8 Å². The molecule has 5 heteroatoms. The third-order valence-electron chi connectivity index (χ3n) is 3.05. The molecule has 0 saturated heterocycles. The summed E-state index contributed by atoms with van der Waals surface area (Å²) in [6, 6.07) is 9.62. The van der Waals surface area contributed by atoms with E-state index in [1.165, 1.54) is 0 Å². The van der Waals surface area contributed by atoms with Gasteiger partial charge in [0.15, 0.2) is 11.5 Å². The van der Waals surface area contributed by atoms with Gasteiger partial charge in [0.25, 0.3) is 0 Å². The molecule has 0 aliphatic rings. The number of nitrogens with two attached hydrogens (primary N) is 1. The van der Waals surface area contributed by atoms with Crippen LogP contribution in [-0.2, 0) is 0 Å². The van der Waals surface area contributed by atoms with Crippen molar-refractivity contribution < 1.29 is 9.47 Å². The summed E-state index contributed by atoms with van der Waals surface area (Å²) >= 11 is 5.12. The van der Waals surface area contributed by atoms with Crippen LogP contribution in [0, 0.1) is 0 Å². The number of thiophene rings is 1. The molecule has 0 amide bonds. The number of hydrogen-bond acceptors (Lipinski definition) is 4. The minimum Gasteiger partial charge on any atom is -0.493 e. The zero-order valence-electron chi connectivity index (χ0n) is 11.5. The van der Waals surface area contributed by atoms with E-state index < -0.39 is 0 Å². The Hall–Kier alpha value is -1.04. The monoisotopic (exact) mass is 355 g/mol. The molecule has 2 aromatic rings. The van der Waals surface area contributed by atoms with Crippen LogP contribution in [0.1, 0.15) is 24.3 Å².